The first-order valence-corrected chi connectivity index (χ1v) is 17.0. The number of aromatic nitrogens is 1. The topological polar surface area (TPSA) is 101 Å². The van der Waals surface area contributed by atoms with Crippen LogP contribution in [0.1, 0.15) is 44.6 Å². The highest BCUT2D eigenvalue weighted by Crippen LogP contribution is 2.54. The molecule has 1 heterocycles. The Morgan fingerprint density at radius 1 is 1.11 bits per heavy atom. The molecule has 196 valence electrons. The molecule has 2 atom stereocenters. The first kappa shape index (κ1) is 25.3. The molecule has 1 aromatic heterocycles. The summed E-state index contributed by atoms with van der Waals surface area (Å²) in [5, 5.41) is 14.3. The number of carbonyl (C=O) groups is 2. The molecule has 3 N–H and O–H groups in total. The van der Waals surface area contributed by atoms with Crippen molar-refractivity contribution < 1.29 is 24.2 Å². The number of fused-ring (bicyclic) bond motifs is 1. The van der Waals surface area contributed by atoms with Crippen LogP contribution >= 0.6 is 0 Å². The molecule has 0 spiro atoms. The van der Waals surface area contributed by atoms with E-state index in [1.807, 2.05) is 37.4 Å². The first-order chi connectivity index (χ1) is 17.0. The number of H-pyrrole nitrogens is 1. The fraction of sp³-hybridized carbons (Fsp3) is 0.643. The molecular weight excluding hydrogens is 472 g/mol. The predicted molar refractivity (Wildman–Crippen MR) is 142 cm³/mol. The fourth-order valence-corrected chi connectivity index (χ4v) is 7.44. The minimum Gasteiger partial charge on any atom is -0.479 e. The van der Waals surface area contributed by atoms with Crippen molar-refractivity contribution >= 4 is 31.0 Å². The van der Waals surface area contributed by atoms with E-state index >= 15 is 0 Å². The number of aliphatic carboxylic acids is 1. The average Bonchev–Trinajstić information content (AvgIpc) is 3.21. The number of nitrogens with one attached hydrogen (secondary N) is 2. The zero-order valence-corrected chi connectivity index (χ0v) is 22.9. The number of para-hydroxylation sites is 1. The Hall–Kier alpha value is -2.32. The third-order valence-corrected chi connectivity index (χ3v) is 11.7. The minimum absolute atomic E-state index is 0.0681. The quantitative estimate of drug-likeness (QED) is 0.392. The number of amides is 1. The van der Waals surface area contributed by atoms with Gasteiger partial charge in [-0.15, -0.1) is 0 Å². The van der Waals surface area contributed by atoms with Gasteiger partial charge in [-0.05, 0) is 74.3 Å². The largest absolute Gasteiger partial charge is 0.479 e. The lowest BCUT2D eigenvalue weighted by molar-refractivity contribution is -0.148. The van der Waals surface area contributed by atoms with Gasteiger partial charge in [0.15, 0.2) is 5.54 Å². The second-order valence-electron chi connectivity index (χ2n) is 12.7. The van der Waals surface area contributed by atoms with Crippen LogP contribution < -0.4 is 5.32 Å². The van der Waals surface area contributed by atoms with Gasteiger partial charge in [-0.3, -0.25) is 0 Å². The summed E-state index contributed by atoms with van der Waals surface area (Å²) in [5.41, 5.74) is 0.0509. The lowest BCUT2D eigenvalue weighted by atomic mass is 9.55. The van der Waals surface area contributed by atoms with Crippen molar-refractivity contribution in [1.29, 1.82) is 0 Å². The van der Waals surface area contributed by atoms with Crippen molar-refractivity contribution in [3.8, 4) is 0 Å². The number of hydrogen-bond acceptors (Lipinski definition) is 4. The zero-order chi connectivity index (χ0) is 25.7. The molecule has 36 heavy (non-hydrogen) atoms. The zero-order valence-electron chi connectivity index (χ0n) is 21.9. The lowest BCUT2D eigenvalue weighted by Gasteiger charge is -2.53. The number of alkyl carbamates (subject to hydrolysis) is 1. The van der Waals surface area contributed by atoms with E-state index < -0.39 is 25.7 Å². The lowest BCUT2D eigenvalue weighted by Crippen LogP contribution is -2.61. The normalized spacial score (nSPS) is 29.6. The molecule has 0 saturated heterocycles. The molecule has 4 saturated carbocycles. The van der Waals surface area contributed by atoms with Gasteiger partial charge in [0.05, 0.1) is 14.7 Å². The highest BCUT2D eigenvalue weighted by Gasteiger charge is 2.51. The Morgan fingerprint density at radius 2 is 1.75 bits per heavy atom. The van der Waals surface area contributed by atoms with Crippen LogP contribution in [0.2, 0.25) is 19.6 Å². The van der Waals surface area contributed by atoms with Crippen molar-refractivity contribution in [2.75, 3.05) is 6.61 Å². The highest BCUT2D eigenvalue weighted by atomic mass is 28.3. The van der Waals surface area contributed by atoms with E-state index in [1.54, 1.807) is 0 Å². The molecule has 6 rings (SSSR count). The molecule has 4 fully saturated rings. The van der Waals surface area contributed by atoms with Gasteiger partial charge in [0.25, 0.3) is 0 Å². The van der Waals surface area contributed by atoms with Gasteiger partial charge in [0, 0.05) is 29.2 Å². The summed E-state index contributed by atoms with van der Waals surface area (Å²) in [5.74, 6) is 1.24. The van der Waals surface area contributed by atoms with Crippen molar-refractivity contribution in [1.82, 2.24) is 10.3 Å². The molecule has 2 aromatic rings. The smallest absolute Gasteiger partial charge is 0.408 e. The number of rotatable bonds is 9. The SMILES string of the molecule is CC(OC[C@](Cc1c[nH]c2ccccc12)(NC(=O)OC1C2CC3CC(C2)CC1C3)C(=O)O)[Si](C)(C)C. The minimum atomic E-state index is -1.68. The molecular formula is C28H40N2O5Si. The van der Waals surface area contributed by atoms with Gasteiger partial charge < -0.3 is 24.9 Å². The standard InChI is InChI=1S/C28H40N2O5Si/c1-17(36(2,3)4)34-16-28(26(31)32,14-22-15-29-24-8-6-5-7-23(22)24)30-27(33)35-25-20-10-18-9-19(12-20)13-21(25)11-18/h5-8,15,17-21,25,29H,9-14,16H2,1-4H3,(H,30,33)(H,31,32)/t17?,18?,19?,20?,21?,25?,28-/m0/s1. The van der Waals surface area contributed by atoms with E-state index in [9.17, 15) is 14.7 Å². The molecule has 4 bridgehead atoms. The number of aromatic amines is 1. The molecule has 4 aliphatic carbocycles. The molecule has 4 aliphatic rings. The molecule has 7 nitrogen and oxygen atoms in total. The Balaban J connectivity index is 1.38. The van der Waals surface area contributed by atoms with Crippen LogP contribution in [-0.4, -0.2) is 54.2 Å². The molecule has 0 aliphatic heterocycles. The molecule has 0 radical (unpaired) electrons. The van der Waals surface area contributed by atoms with E-state index in [1.165, 1.54) is 6.42 Å². The summed E-state index contributed by atoms with van der Waals surface area (Å²) in [6, 6.07) is 7.79. The summed E-state index contributed by atoms with van der Waals surface area (Å²) in [6.45, 7) is 8.44. The van der Waals surface area contributed by atoms with Crippen LogP contribution in [0.4, 0.5) is 4.79 Å². The Kier molecular flexibility index (Phi) is 6.70. The van der Waals surface area contributed by atoms with Gasteiger partial charge in [0.2, 0.25) is 0 Å². The number of benzene rings is 1. The number of carboxylic acids is 1. The van der Waals surface area contributed by atoms with Crippen LogP contribution in [0.15, 0.2) is 30.5 Å². The van der Waals surface area contributed by atoms with Crippen LogP contribution in [0, 0.1) is 23.7 Å². The van der Waals surface area contributed by atoms with Crippen molar-refractivity contribution in [2.45, 2.75) is 82.5 Å². The maximum atomic E-state index is 13.3. The number of carbonyl (C=O) groups excluding carboxylic acids is 1. The summed E-state index contributed by atoms with van der Waals surface area (Å²) in [6.07, 6.45) is 7.00. The van der Waals surface area contributed by atoms with E-state index in [0.717, 1.165) is 54.0 Å². The van der Waals surface area contributed by atoms with Gasteiger partial charge >= 0.3 is 12.1 Å². The molecule has 1 unspecified atom stereocenters. The second-order valence-corrected chi connectivity index (χ2v) is 18.2. The first-order valence-electron chi connectivity index (χ1n) is 13.4. The summed E-state index contributed by atoms with van der Waals surface area (Å²) in [7, 11) is -1.68. The second kappa shape index (κ2) is 9.52. The summed E-state index contributed by atoms with van der Waals surface area (Å²) < 4.78 is 12.2. The fourth-order valence-electron chi connectivity index (χ4n) is 6.86. The van der Waals surface area contributed by atoms with Crippen molar-refractivity contribution in [2.24, 2.45) is 23.7 Å². The van der Waals surface area contributed by atoms with Crippen LogP contribution in [-0.2, 0) is 20.7 Å². The maximum Gasteiger partial charge on any atom is 0.408 e. The number of hydrogen-bond donors (Lipinski definition) is 3. The van der Waals surface area contributed by atoms with Gasteiger partial charge in [-0.2, -0.15) is 0 Å². The van der Waals surface area contributed by atoms with Crippen molar-refractivity contribution in [3.63, 3.8) is 0 Å². The van der Waals surface area contributed by atoms with Crippen molar-refractivity contribution in [3.05, 3.63) is 36.0 Å². The van der Waals surface area contributed by atoms with E-state index in [0.29, 0.717) is 11.8 Å². The molecule has 8 heteroatoms. The highest BCUT2D eigenvalue weighted by molar-refractivity contribution is 6.77. The third-order valence-electron chi connectivity index (χ3n) is 9.10. The van der Waals surface area contributed by atoms with Gasteiger partial charge in [-0.25, -0.2) is 9.59 Å². The van der Waals surface area contributed by atoms with E-state index in [4.69, 9.17) is 9.47 Å². The molecule has 1 amide bonds. The monoisotopic (exact) mass is 512 g/mol. The number of ether oxygens (including phenoxy) is 2. The predicted octanol–water partition coefficient (Wildman–Crippen LogP) is 5.37. The Bertz CT molecular complexity index is 1100. The molecule has 1 aromatic carbocycles. The van der Waals surface area contributed by atoms with Crippen LogP contribution in [0.5, 0.6) is 0 Å². The Labute approximate surface area is 214 Å². The van der Waals surface area contributed by atoms with Gasteiger partial charge in [-0.1, -0.05) is 37.8 Å². The average molecular weight is 513 g/mol. The van der Waals surface area contributed by atoms with E-state index in [2.05, 4.69) is 29.9 Å². The summed E-state index contributed by atoms with van der Waals surface area (Å²) in [4.78, 5) is 29.4. The maximum absolute atomic E-state index is 13.3. The third kappa shape index (κ3) is 4.94. The van der Waals surface area contributed by atoms with E-state index in [-0.39, 0.29) is 24.9 Å². The van der Waals surface area contributed by atoms with Crippen LogP contribution in [0.25, 0.3) is 10.9 Å². The Morgan fingerprint density at radius 3 is 2.36 bits per heavy atom. The summed E-state index contributed by atoms with van der Waals surface area (Å²) >= 11 is 0. The van der Waals surface area contributed by atoms with Gasteiger partial charge in [0.1, 0.15) is 6.10 Å². The van der Waals surface area contributed by atoms with Crippen LogP contribution in [0.3, 0.4) is 0 Å². The number of carboxylic acid groups (broad SMARTS) is 1.